The Kier molecular flexibility index (Phi) is 6.08. The van der Waals surface area contributed by atoms with Gasteiger partial charge in [0.1, 0.15) is 5.78 Å². The Bertz CT molecular complexity index is 1190. The molecule has 4 aliphatic rings. The first-order valence-corrected chi connectivity index (χ1v) is 14.7. The zero-order valence-corrected chi connectivity index (χ0v) is 26.3. The summed E-state index contributed by atoms with van der Waals surface area (Å²) in [6, 6.07) is 0. The molecule has 3 nitrogen and oxygen atoms in total. The van der Waals surface area contributed by atoms with E-state index in [2.05, 4.69) is 94.0 Å². The molecule has 6 unspecified atom stereocenters. The number of hydrogen-bond acceptors (Lipinski definition) is 3. The third kappa shape index (κ3) is 3.23. The minimum atomic E-state index is -0.867. The maximum atomic E-state index is 14.7. The first-order valence-electron chi connectivity index (χ1n) is 14.7. The predicted molar refractivity (Wildman–Crippen MR) is 156 cm³/mol. The average Bonchev–Trinajstić information content (AvgIpc) is 3.05. The van der Waals surface area contributed by atoms with Gasteiger partial charge in [0.05, 0.1) is 5.41 Å². The highest BCUT2D eigenvalue weighted by molar-refractivity contribution is 6.41. The van der Waals surface area contributed by atoms with Crippen molar-refractivity contribution < 1.29 is 14.4 Å². The van der Waals surface area contributed by atoms with Crippen LogP contribution >= 0.6 is 0 Å². The first kappa shape index (κ1) is 29.2. The van der Waals surface area contributed by atoms with E-state index >= 15 is 0 Å². The molecular formula is C35H52O3. The van der Waals surface area contributed by atoms with Crippen molar-refractivity contribution in [1.82, 2.24) is 0 Å². The molecule has 38 heavy (non-hydrogen) atoms. The van der Waals surface area contributed by atoms with Crippen LogP contribution in [-0.4, -0.2) is 17.3 Å². The predicted octanol–water partition coefficient (Wildman–Crippen LogP) is 8.48. The second-order valence-electron chi connectivity index (χ2n) is 16.6. The number of Topliss-reactive ketones (excluding diaryl/α,β-unsaturated/α-hetero) is 3. The molecule has 0 spiro atoms. The van der Waals surface area contributed by atoms with Gasteiger partial charge in [-0.3, -0.25) is 14.4 Å². The van der Waals surface area contributed by atoms with Gasteiger partial charge in [0.25, 0.3) is 0 Å². The number of hydrogen-bond donors (Lipinski definition) is 0. The monoisotopic (exact) mass is 520 g/mol. The SMILES string of the molecule is C=C(C=CC(C)(C)C)C(C)(C)C1CCC2(C)C1(C)CC(=O)C1(C)C3(C)CC(=O)C(=O)C(C)(C)C3=CCC21C. The Morgan fingerprint density at radius 1 is 0.921 bits per heavy atom. The fraction of sp³-hybridized carbons (Fsp3) is 0.743. The Morgan fingerprint density at radius 2 is 1.50 bits per heavy atom. The van der Waals surface area contributed by atoms with E-state index in [1.54, 1.807) is 0 Å². The zero-order chi connectivity index (χ0) is 29.1. The molecule has 4 rings (SSSR count). The lowest BCUT2D eigenvalue weighted by molar-refractivity contribution is -0.216. The fourth-order valence-electron chi connectivity index (χ4n) is 10.2. The summed E-state index contributed by atoms with van der Waals surface area (Å²) in [5, 5.41) is 0. The molecule has 0 aromatic heterocycles. The molecule has 0 aromatic carbocycles. The van der Waals surface area contributed by atoms with Crippen LogP contribution in [0.1, 0.15) is 115 Å². The molecule has 0 aliphatic heterocycles. The standard InChI is InChI=1S/C35H52O3/c1-22(14-17-28(2,3)4)29(5,6)24-15-18-33(11)31(24,9)21-26(37)35(13)32(10)20-23(36)27(38)30(7,8)25(32)16-19-34(33,35)12/h14,16-17,24H,1,15,18-21H2,2-13H3. The largest absolute Gasteiger partial charge is 0.299 e. The third-order valence-electron chi connectivity index (χ3n) is 13.3. The quantitative estimate of drug-likeness (QED) is 0.213. The highest BCUT2D eigenvalue weighted by Gasteiger charge is 2.78. The molecule has 0 N–H and O–H groups in total. The topological polar surface area (TPSA) is 51.2 Å². The smallest absolute Gasteiger partial charge is 0.208 e. The first-order chi connectivity index (χ1) is 17.0. The van der Waals surface area contributed by atoms with Gasteiger partial charge in [-0.05, 0) is 71.7 Å². The van der Waals surface area contributed by atoms with Crippen LogP contribution in [0.2, 0.25) is 0 Å². The van der Waals surface area contributed by atoms with Crippen LogP contribution < -0.4 is 0 Å². The number of fused-ring (bicyclic) bond motifs is 5. The van der Waals surface area contributed by atoms with Crippen LogP contribution in [-0.2, 0) is 14.4 Å². The van der Waals surface area contributed by atoms with Crippen LogP contribution in [0.25, 0.3) is 0 Å². The molecule has 210 valence electrons. The minimum absolute atomic E-state index is 0.0807. The Morgan fingerprint density at radius 3 is 2.05 bits per heavy atom. The number of allylic oxidation sites excluding steroid dienone is 5. The minimum Gasteiger partial charge on any atom is -0.299 e. The fourth-order valence-corrected chi connectivity index (χ4v) is 10.2. The lowest BCUT2D eigenvalue weighted by Gasteiger charge is -2.72. The molecule has 0 saturated heterocycles. The molecule has 3 fully saturated rings. The Hall–Kier alpha value is -1.77. The van der Waals surface area contributed by atoms with Gasteiger partial charge >= 0.3 is 0 Å². The number of ketones is 3. The Balaban J connectivity index is 1.87. The molecule has 0 aromatic rings. The summed E-state index contributed by atoms with van der Waals surface area (Å²) >= 11 is 0. The maximum absolute atomic E-state index is 14.7. The lowest BCUT2D eigenvalue weighted by Crippen LogP contribution is -2.71. The summed E-state index contributed by atoms with van der Waals surface area (Å²) < 4.78 is 0. The van der Waals surface area contributed by atoms with Crippen LogP contribution in [0, 0.1) is 49.2 Å². The van der Waals surface area contributed by atoms with E-state index in [0.717, 1.165) is 30.4 Å². The van der Waals surface area contributed by atoms with E-state index in [9.17, 15) is 14.4 Å². The van der Waals surface area contributed by atoms with Crippen molar-refractivity contribution in [3.8, 4) is 0 Å². The van der Waals surface area contributed by atoms with Crippen molar-refractivity contribution in [3.05, 3.63) is 36.0 Å². The van der Waals surface area contributed by atoms with Gasteiger partial charge < -0.3 is 0 Å². The average molecular weight is 521 g/mol. The van der Waals surface area contributed by atoms with E-state index in [-0.39, 0.29) is 50.8 Å². The zero-order valence-electron chi connectivity index (χ0n) is 26.3. The molecule has 3 saturated carbocycles. The molecule has 0 radical (unpaired) electrons. The van der Waals surface area contributed by atoms with Crippen LogP contribution in [0.3, 0.4) is 0 Å². The maximum Gasteiger partial charge on any atom is 0.208 e. The third-order valence-corrected chi connectivity index (χ3v) is 13.3. The van der Waals surface area contributed by atoms with Crippen LogP contribution in [0.5, 0.6) is 0 Å². The second kappa shape index (κ2) is 7.91. The van der Waals surface area contributed by atoms with E-state index in [4.69, 9.17) is 0 Å². The molecular weight excluding hydrogens is 468 g/mol. The van der Waals surface area contributed by atoms with Crippen molar-refractivity contribution in [3.63, 3.8) is 0 Å². The normalized spacial score (nSPS) is 43.0. The summed E-state index contributed by atoms with van der Waals surface area (Å²) in [4.78, 5) is 40.9. The van der Waals surface area contributed by atoms with Gasteiger partial charge in [0.2, 0.25) is 5.78 Å². The van der Waals surface area contributed by atoms with Gasteiger partial charge in [-0.15, -0.1) is 0 Å². The molecule has 0 heterocycles. The van der Waals surface area contributed by atoms with E-state index < -0.39 is 16.2 Å². The van der Waals surface area contributed by atoms with Crippen molar-refractivity contribution >= 4 is 17.3 Å². The molecule has 0 bridgehead atoms. The van der Waals surface area contributed by atoms with Crippen molar-refractivity contribution in [2.45, 2.75) is 115 Å². The van der Waals surface area contributed by atoms with Gasteiger partial charge in [-0.25, -0.2) is 0 Å². The van der Waals surface area contributed by atoms with Gasteiger partial charge in [0.15, 0.2) is 5.78 Å². The van der Waals surface area contributed by atoms with Crippen LogP contribution in [0.15, 0.2) is 36.0 Å². The lowest BCUT2D eigenvalue weighted by atomic mass is 9.29. The second-order valence-corrected chi connectivity index (χ2v) is 16.6. The van der Waals surface area contributed by atoms with E-state index in [0.29, 0.717) is 12.3 Å². The summed E-state index contributed by atoms with van der Waals surface area (Å²) in [5.74, 6) is -0.0489. The van der Waals surface area contributed by atoms with Crippen LogP contribution in [0.4, 0.5) is 0 Å². The summed E-state index contributed by atoms with van der Waals surface area (Å²) in [5.41, 5.74) is -0.859. The van der Waals surface area contributed by atoms with Crippen molar-refractivity contribution in [2.24, 2.45) is 49.2 Å². The molecule has 3 heteroatoms. The Labute approximate surface area is 232 Å². The molecule has 0 amide bonds. The van der Waals surface area contributed by atoms with Gasteiger partial charge in [-0.2, -0.15) is 0 Å². The molecule has 4 aliphatic carbocycles. The van der Waals surface area contributed by atoms with Crippen molar-refractivity contribution in [1.29, 1.82) is 0 Å². The molecule has 6 atom stereocenters. The number of rotatable bonds is 3. The van der Waals surface area contributed by atoms with Gasteiger partial charge in [0, 0.05) is 23.7 Å². The summed E-state index contributed by atoms with van der Waals surface area (Å²) in [7, 11) is 0. The highest BCUT2D eigenvalue weighted by Crippen LogP contribution is 2.81. The van der Waals surface area contributed by atoms with Gasteiger partial charge in [-0.1, -0.05) is 99.6 Å². The number of carbonyl (C=O) groups is 3. The van der Waals surface area contributed by atoms with E-state index in [1.807, 2.05) is 13.8 Å². The van der Waals surface area contributed by atoms with E-state index in [1.165, 1.54) is 0 Å². The van der Waals surface area contributed by atoms with Crippen molar-refractivity contribution in [2.75, 3.05) is 0 Å². The summed E-state index contributed by atoms with van der Waals surface area (Å²) in [6.45, 7) is 31.0. The number of carbonyl (C=O) groups excluding carboxylic acids is 3. The summed E-state index contributed by atoms with van der Waals surface area (Å²) in [6.07, 6.45) is 10.2. The highest BCUT2D eigenvalue weighted by atomic mass is 16.2.